The first-order valence-electron chi connectivity index (χ1n) is 9.29. The number of ether oxygens (including phenoxy) is 1. The molecule has 1 aromatic heterocycles. The number of hydrogen-bond acceptors (Lipinski definition) is 5. The molecule has 0 radical (unpaired) electrons. The first-order chi connectivity index (χ1) is 13.4. The lowest BCUT2D eigenvalue weighted by molar-refractivity contribution is 0.0319. The normalized spacial score (nSPS) is 13.9. The van der Waals surface area contributed by atoms with Crippen molar-refractivity contribution in [2.75, 3.05) is 0 Å². The van der Waals surface area contributed by atoms with Crippen LogP contribution in [0, 0.1) is 6.92 Å². The Kier molecular flexibility index (Phi) is 4.55. The molecule has 0 saturated heterocycles. The molecule has 6 heteroatoms. The number of ketones is 1. The molecule has 28 heavy (non-hydrogen) atoms. The summed E-state index contributed by atoms with van der Waals surface area (Å²) < 4.78 is 7.04. The van der Waals surface area contributed by atoms with E-state index in [1.54, 1.807) is 41.8 Å². The van der Waals surface area contributed by atoms with Crippen molar-refractivity contribution in [2.45, 2.75) is 39.3 Å². The van der Waals surface area contributed by atoms with Crippen molar-refractivity contribution in [2.24, 2.45) is 0 Å². The number of rotatable bonds is 4. The first kappa shape index (κ1) is 18.1. The van der Waals surface area contributed by atoms with Crippen LogP contribution in [0.15, 0.2) is 47.3 Å². The molecule has 0 saturated carbocycles. The molecule has 2 aromatic carbocycles. The molecule has 142 valence electrons. The average Bonchev–Trinajstić information content (AvgIpc) is 3.16. The second-order valence-electron chi connectivity index (χ2n) is 7.10. The summed E-state index contributed by atoms with van der Waals surface area (Å²) in [6.07, 6.45) is 0.734. The van der Waals surface area contributed by atoms with Gasteiger partial charge in [0.05, 0.1) is 16.5 Å². The Hall–Kier alpha value is -3.28. The Bertz CT molecular complexity index is 1150. The van der Waals surface area contributed by atoms with Gasteiger partial charge in [0.2, 0.25) is 5.78 Å². The number of fused-ring (bicyclic) bond motifs is 2. The Morgan fingerprint density at radius 3 is 2.57 bits per heavy atom. The largest absolute Gasteiger partial charge is 0.451 e. The van der Waals surface area contributed by atoms with Gasteiger partial charge in [-0.25, -0.2) is 9.78 Å². The fraction of sp³-hybridized carbons (Fsp3) is 0.273. The second kappa shape index (κ2) is 7.03. The van der Waals surface area contributed by atoms with Crippen molar-refractivity contribution in [1.82, 2.24) is 9.55 Å². The van der Waals surface area contributed by atoms with E-state index in [-0.39, 0.29) is 16.9 Å². The van der Waals surface area contributed by atoms with Gasteiger partial charge in [0, 0.05) is 18.5 Å². The molecule has 1 aliphatic heterocycles. The SMILES string of the molecule is Cc1ccc(C(=O)C(C)OC(=O)c2ccc3c(=O)n4c(nc3c2)CCC4)cc1. The van der Waals surface area contributed by atoms with E-state index in [9.17, 15) is 14.4 Å². The number of aromatic nitrogens is 2. The average molecular weight is 376 g/mol. The summed E-state index contributed by atoms with van der Waals surface area (Å²) in [5.74, 6) is -0.133. The fourth-order valence-corrected chi connectivity index (χ4v) is 3.45. The highest BCUT2D eigenvalue weighted by atomic mass is 16.5. The quantitative estimate of drug-likeness (QED) is 0.516. The van der Waals surface area contributed by atoms with Crippen molar-refractivity contribution in [3.8, 4) is 0 Å². The zero-order chi connectivity index (χ0) is 19.8. The number of carbonyl (C=O) groups excluding carboxylic acids is 2. The molecular weight excluding hydrogens is 356 g/mol. The van der Waals surface area contributed by atoms with Crippen molar-refractivity contribution in [1.29, 1.82) is 0 Å². The van der Waals surface area contributed by atoms with Gasteiger partial charge in [-0.2, -0.15) is 0 Å². The Balaban J connectivity index is 1.57. The molecule has 1 unspecified atom stereocenters. The molecule has 0 N–H and O–H groups in total. The van der Waals surface area contributed by atoms with Gasteiger partial charge in [0.1, 0.15) is 5.82 Å². The monoisotopic (exact) mass is 376 g/mol. The molecule has 0 bridgehead atoms. The number of aryl methyl sites for hydroxylation is 2. The van der Waals surface area contributed by atoms with Crippen molar-refractivity contribution in [3.05, 3.63) is 75.3 Å². The minimum atomic E-state index is -0.912. The van der Waals surface area contributed by atoms with Gasteiger partial charge in [-0.15, -0.1) is 0 Å². The molecule has 1 aliphatic rings. The maximum Gasteiger partial charge on any atom is 0.338 e. The van der Waals surface area contributed by atoms with Crippen LogP contribution in [-0.2, 0) is 17.7 Å². The van der Waals surface area contributed by atoms with Gasteiger partial charge in [0.15, 0.2) is 6.10 Å². The summed E-state index contributed by atoms with van der Waals surface area (Å²) in [6, 6.07) is 11.8. The summed E-state index contributed by atoms with van der Waals surface area (Å²) in [5, 5.41) is 0.478. The molecule has 0 aliphatic carbocycles. The topological polar surface area (TPSA) is 78.3 Å². The molecule has 2 heterocycles. The predicted molar refractivity (Wildman–Crippen MR) is 105 cm³/mol. The van der Waals surface area contributed by atoms with E-state index < -0.39 is 12.1 Å². The van der Waals surface area contributed by atoms with Crippen LogP contribution in [0.3, 0.4) is 0 Å². The Labute approximate surface area is 161 Å². The number of nitrogens with zero attached hydrogens (tertiary/aromatic N) is 2. The van der Waals surface area contributed by atoms with Crippen molar-refractivity contribution in [3.63, 3.8) is 0 Å². The summed E-state index contributed by atoms with van der Waals surface area (Å²) >= 11 is 0. The number of hydrogen-bond donors (Lipinski definition) is 0. The zero-order valence-corrected chi connectivity index (χ0v) is 15.8. The minimum absolute atomic E-state index is 0.0830. The third kappa shape index (κ3) is 3.22. The Morgan fingerprint density at radius 1 is 1.11 bits per heavy atom. The van der Waals surface area contributed by atoms with Crippen LogP contribution >= 0.6 is 0 Å². The van der Waals surface area contributed by atoms with E-state index in [1.165, 1.54) is 0 Å². The highest BCUT2D eigenvalue weighted by Gasteiger charge is 2.22. The molecular formula is C22H20N2O4. The maximum absolute atomic E-state index is 12.5. The van der Waals surface area contributed by atoms with E-state index >= 15 is 0 Å². The van der Waals surface area contributed by atoms with E-state index in [0.717, 1.165) is 24.2 Å². The highest BCUT2D eigenvalue weighted by Crippen LogP contribution is 2.17. The number of carbonyl (C=O) groups is 2. The van der Waals surface area contributed by atoms with Crippen LogP contribution in [0.4, 0.5) is 0 Å². The van der Waals surface area contributed by atoms with Gasteiger partial charge in [-0.3, -0.25) is 14.2 Å². The molecule has 4 rings (SSSR count). The minimum Gasteiger partial charge on any atom is -0.451 e. The molecule has 3 aromatic rings. The van der Waals surface area contributed by atoms with Crippen LogP contribution < -0.4 is 5.56 Å². The lowest BCUT2D eigenvalue weighted by atomic mass is 10.1. The van der Waals surface area contributed by atoms with Crippen LogP contribution in [0.25, 0.3) is 10.9 Å². The van der Waals surface area contributed by atoms with Crippen LogP contribution in [0.1, 0.15) is 45.4 Å². The van der Waals surface area contributed by atoms with E-state index in [1.807, 2.05) is 19.1 Å². The van der Waals surface area contributed by atoms with Gasteiger partial charge in [-0.1, -0.05) is 29.8 Å². The standard InChI is InChI=1S/C22H20N2O4/c1-13-5-7-15(8-6-13)20(25)14(2)28-22(27)16-9-10-17-18(12-16)23-19-4-3-11-24(19)21(17)26/h5-10,12,14H,3-4,11H2,1-2H3. The summed E-state index contributed by atoms with van der Waals surface area (Å²) in [6.45, 7) is 4.17. The van der Waals surface area contributed by atoms with Gasteiger partial charge >= 0.3 is 5.97 Å². The number of benzene rings is 2. The smallest absolute Gasteiger partial charge is 0.338 e. The highest BCUT2D eigenvalue weighted by molar-refractivity contribution is 6.02. The number of Topliss-reactive ketones (excluding diaryl/α,β-unsaturated/α-hetero) is 1. The van der Waals surface area contributed by atoms with Crippen LogP contribution in [-0.4, -0.2) is 27.4 Å². The van der Waals surface area contributed by atoms with Gasteiger partial charge < -0.3 is 4.74 Å². The lowest BCUT2D eigenvalue weighted by Gasteiger charge is -2.13. The molecule has 0 amide bonds. The number of esters is 1. The second-order valence-corrected chi connectivity index (χ2v) is 7.10. The Morgan fingerprint density at radius 2 is 1.82 bits per heavy atom. The van der Waals surface area contributed by atoms with Gasteiger partial charge in [0.25, 0.3) is 5.56 Å². The summed E-state index contributed by atoms with van der Waals surface area (Å²) in [5.41, 5.74) is 2.21. The van der Waals surface area contributed by atoms with E-state index in [4.69, 9.17) is 4.74 Å². The molecule has 0 fully saturated rings. The zero-order valence-electron chi connectivity index (χ0n) is 15.8. The third-order valence-corrected chi connectivity index (χ3v) is 5.04. The first-order valence-corrected chi connectivity index (χ1v) is 9.29. The van der Waals surface area contributed by atoms with E-state index in [0.29, 0.717) is 23.0 Å². The van der Waals surface area contributed by atoms with Crippen LogP contribution in [0.2, 0.25) is 0 Å². The van der Waals surface area contributed by atoms with E-state index in [2.05, 4.69) is 4.98 Å². The van der Waals surface area contributed by atoms with Crippen molar-refractivity contribution >= 4 is 22.7 Å². The summed E-state index contributed by atoms with van der Waals surface area (Å²) in [4.78, 5) is 42.0. The van der Waals surface area contributed by atoms with Crippen LogP contribution in [0.5, 0.6) is 0 Å². The molecule has 0 spiro atoms. The maximum atomic E-state index is 12.5. The summed E-state index contributed by atoms with van der Waals surface area (Å²) in [7, 11) is 0. The van der Waals surface area contributed by atoms with Crippen molar-refractivity contribution < 1.29 is 14.3 Å². The molecule has 6 nitrogen and oxygen atoms in total. The fourth-order valence-electron chi connectivity index (χ4n) is 3.45. The van der Waals surface area contributed by atoms with Gasteiger partial charge in [-0.05, 0) is 38.5 Å². The molecule has 1 atom stereocenters. The predicted octanol–water partition coefficient (Wildman–Crippen LogP) is 3.08. The lowest BCUT2D eigenvalue weighted by Crippen LogP contribution is -2.25. The third-order valence-electron chi connectivity index (χ3n) is 5.04.